The summed E-state index contributed by atoms with van der Waals surface area (Å²) < 4.78 is 19.7. The highest BCUT2D eigenvalue weighted by molar-refractivity contribution is 5.68. The van der Waals surface area contributed by atoms with E-state index in [1.165, 1.54) is 32.8 Å². The highest BCUT2D eigenvalue weighted by Gasteiger charge is 2.61. The summed E-state index contributed by atoms with van der Waals surface area (Å²) in [5.41, 5.74) is 0.468. The highest BCUT2D eigenvalue weighted by atomic mass is 19.1. The van der Waals surface area contributed by atoms with Crippen LogP contribution in [0, 0.1) is 40.4 Å². The summed E-state index contributed by atoms with van der Waals surface area (Å²) >= 11 is 0. The van der Waals surface area contributed by atoms with Crippen LogP contribution in [-0.4, -0.2) is 30.5 Å². The van der Waals surface area contributed by atoms with E-state index in [-0.39, 0.29) is 17.3 Å². The molecule has 0 aliphatic heterocycles. The van der Waals surface area contributed by atoms with Crippen molar-refractivity contribution in [3.05, 3.63) is 0 Å². The van der Waals surface area contributed by atoms with Crippen molar-refractivity contribution in [3.8, 4) is 0 Å². The molecule has 160 valence electrons. The second-order valence-electron chi connectivity index (χ2n) is 10.9. The molecule has 0 saturated heterocycles. The number of hydrogen-bond donors (Lipinski definition) is 1. The molecule has 0 amide bonds. The number of aliphatic hydroxyl groups excluding tert-OH is 1. The van der Waals surface area contributed by atoms with Gasteiger partial charge in [-0.2, -0.15) is 0 Å². The lowest BCUT2D eigenvalue weighted by Crippen LogP contribution is -2.57. The Morgan fingerprint density at radius 2 is 1.68 bits per heavy atom. The fourth-order valence-electron chi connectivity index (χ4n) is 8.44. The van der Waals surface area contributed by atoms with E-state index in [1.807, 2.05) is 0 Å². The monoisotopic (exact) mass is 394 g/mol. The van der Waals surface area contributed by atoms with Gasteiger partial charge in [-0.25, -0.2) is 4.39 Å². The van der Waals surface area contributed by atoms with Crippen molar-refractivity contribution in [2.24, 2.45) is 40.4 Å². The summed E-state index contributed by atoms with van der Waals surface area (Å²) in [6.45, 7) is 4.86. The van der Waals surface area contributed by atoms with Gasteiger partial charge in [0.2, 0.25) is 0 Å². The second kappa shape index (κ2) is 7.56. The van der Waals surface area contributed by atoms with Crippen LogP contribution in [0.3, 0.4) is 0 Å². The van der Waals surface area contributed by atoms with Crippen molar-refractivity contribution in [2.45, 2.75) is 96.8 Å². The Labute approximate surface area is 169 Å². The number of methoxy groups -OCH3 is 1. The summed E-state index contributed by atoms with van der Waals surface area (Å²) in [4.78, 5) is 11.5. The molecule has 3 nitrogen and oxygen atoms in total. The van der Waals surface area contributed by atoms with Crippen LogP contribution in [0.2, 0.25) is 0 Å². The van der Waals surface area contributed by atoms with Gasteiger partial charge in [0.15, 0.2) is 0 Å². The molecule has 0 spiro atoms. The molecule has 9 atom stereocenters. The van der Waals surface area contributed by atoms with Gasteiger partial charge < -0.3 is 9.84 Å². The Morgan fingerprint density at radius 1 is 1.00 bits per heavy atom. The molecule has 4 saturated carbocycles. The van der Waals surface area contributed by atoms with E-state index in [0.717, 1.165) is 49.9 Å². The number of alkyl halides is 1. The van der Waals surface area contributed by atoms with Gasteiger partial charge in [-0.3, -0.25) is 4.79 Å². The first-order valence-corrected chi connectivity index (χ1v) is 11.7. The van der Waals surface area contributed by atoms with Gasteiger partial charge in [0.1, 0.15) is 6.17 Å². The minimum atomic E-state index is -1.03. The summed E-state index contributed by atoms with van der Waals surface area (Å²) in [5, 5.41) is 10.1. The Morgan fingerprint density at radius 3 is 2.43 bits per heavy atom. The molecule has 4 aliphatic carbocycles. The normalized spacial score (nSPS) is 50.4. The summed E-state index contributed by atoms with van der Waals surface area (Å²) in [6.07, 6.45) is 9.65. The van der Waals surface area contributed by atoms with Gasteiger partial charge in [0, 0.05) is 6.42 Å². The second-order valence-corrected chi connectivity index (χ2v) is 10.9. The van der Waals surface area contributed by atoms with Crippen LogP contribution in [-0.2, 0) is 9.53 Å². The minimum Gasteiger partial charge on any atom is -0.469 e. The fraction of sp³-hybridized carbons (Fsp3) is 0.958. The number of fused-ring (bicyclic) bond motifs is 5. The standard InChI is InChI=1S/C24H39FO3/c1-23-13-11-18-16(8-10-19-22(25)20(26)12-14-24(18,19)2)17(23)9-7-15(23)5-4-6-21(27)28-3/h15-20,22,26H,4-14H2,1-3H3. The molecular weight excluding hydrogens is 355 g/mol. The summed E-state index contributed by atoms with van der Waals surface area (Å²) in [7, 11) is 1.47. The third kappa shape index (κ3) is 3.13. The van der Waals surface area contributed by atoms with Gasteiger partial charge in [-0.1, -0.05) is 13.8 Å². The maximum atomic E-state index is 14.9. The lowest BCUT2D eigenvalue weighted by Gasteiger charge is -2.61. The maximum Gasteiger partial charge on any atom is 0.305 e. The number of carbonyl (C=O) groups excluding carboxylic acids is 1. The van der Waals surface area contributed by atoms with E-state index in [9.17, 15) is 14.3 Å². The Bertz CT molecular complexity index is 594. The van der Waals surface area contributed by atoms with Crippen molar-refractivity contribution >= 4 is 5.97 Å². The van der Waals surface area contributed by atoms with E-state index in [0.29, 0.717) is 24.2 Å². The van der Waals surface area contributed by atoms with Crippen LogP contribution >= 0.6 is 0 Å². The van der Waals surface area contributed by atoms with Crippen LogP contribution in [0.5, 0.6) is 0 Å². The van der Waals surface area contributed by atoms with Gasteiger partial charge in [0.05, 0.1) is 13.2 Å². The first-order valence-electron chi connectivity index (χ1n) is 11.7. The molecule has 0 heterocycles. The molecule has 0 aromatic heterocycles. The van der Waals surface area contributed by atoms with Crippen molar-refractivity contribution in [1.29, 1.82) is 0 Å². The largest absolute Gasteiger partial charge is 0.469 e. The third-order valence-corrected chi connectivity index (χ3v) is 10.0. The number of carbonyl (C=O) groups is 1. The molecular formula is C24H39FO3. The molecule has 9 unspecified atom stereocenters. The van der Waals surface area contributed by atoms with E-state index >= 15 is 0 Å². The molecule has 0 aromatic rings. The van der Waals surface area contributed by atoms with Crippen LogP contribution in [0.15, 0.2) is 0 Å². The Kier molecular flexibility index (Phi) is 5.57. The van der Waals surface area contributed by atoms with Crippen molar-refractivity contribution in [3.63, 3.8) is 0 Å². The van der Waals surface area contributed by atoms with Crippen molar-refractivity contribution in [2.75, 3.05) is 7.11 Å². The SMILES string of the molecule is COC(=O)CCCC1CCC2C3CCC4C(F)C(O)CCC4(C)C3CCC12C. The molecule has 1 N–H and O–H groups in total. The lowest BCUT2D eigenvalue weighted by molar-refractivity contribution is -0.155. The molecule has 4 fully saturated rings. The van der Waals surface area contributed by atoms with E-state index in [2.05, 4.69) is 13.8 Å². The van der Waals surface area contributed by atoms with Gasteiger partial charge in [-0.15, -0.1) is 0 Å². The number of esters is 1. The van der Waals surface area contributed by atoms with Crippen LogP contribution < -0.4 is 0 Å². The number of ether oxygens (including phenoxy) is 1. The molecule has 4 heteroatoms. The highest BCUT2D eigenvalue weighted by Crippen LogP contribution is 2.68. The minimum absolute atomic E-state index is 0.0547. The predicted molar refractivity (Wildman–Crippen MR) is 107 cm³/mol. The zero-order valence-electron chi connectivity index (χ0n) is 18.0. The van der Waals surface area contributed by atoms with Gasteiger partial charge in [-0.05, 0) is 105 Å². The maximum absolute atomic E-state index is 14.9. The van der Waals surface area contributed by atoms with E-state index in [4.69, 9.17) is 4.74 Å². The van der Waals surface area contributed by atoms with E-state index < -0.39 is 12.3 Å². The number of halogens is 1. The molecule has 4 aliphatic rings. The van der Waals surface area contributed by atoms with Crippen molar-refractivity contribution < 1.29 is 19.0 Å². The smallest absolute Gasteiger partial charge is 0.305 e. The van der Waals surface area contributed by atoms with Gasteiger partial charge >= 0.3 is 5.97 Å². The predicted octanol–water partition coefficient (Wildman–Crippen LogP) is 5.30. The van der Waals surface area contributed by atoms with E-state index in [1.54, 1.807) is 0 Å². The van der Waals surface area contributed by atoms with Crippen LogP contribution in [0.4, 0.5) is 4.39 Å². The molecule has 4 rings (SSSR count). The zero-order chi connectivity index (χ0) is 20.1. The Balaban J connectivity index is 1.47. The first-order chi connectivity index (χ1) is 13.3. The average Bonchev–Trinajstić information content (AvgIpc) is 3.01. The average molecular weight is 395 g/mol. The number of rotatable bonds is 4. The fourth-order valence-corrected chi connectivity index (χ4v) is 8.44. The number of hydrogen-bond acceptors (Lipinski definition) is 3. The van der Waals surface area contributed by atoms with Crippen LogP contribution in [0.25, 0.3) is 0 Å². The Hall–Kier alpha value is -0.640. The molecule has 0 aromatic carbocycles. The first kappa shape index (κ1) is 20.6. The topological polar surface area (TPSA) is 46.5 Å². The zero-order valence-corrected chi connectivity index (χ0v) is 18.0. The molecule has 0 bridgehead atoms. The number of aliphatic hydroxyl groups is 1. The lowest BCUT2D eigenvalue weighted by atomic mass is 9.44. The quantitative estimate of drug-likeness (QED) is 0.658. The molecule has 0 radical (unpaired) electrons. The van der Waals surface area contributed by atoms with Crippen LogP contribution in [0.1, 0.15) is 84.5 Å². The summed E-state index contributed by atoms with van der Waals surface area (Å²) in [5.74, 6) is 2.80. The third-order valence-electron chi connectivity index (χ3n) is 10.0. The summed E-state index contributed by atoms with van der Waals surface area (Å²) in [6, 6.07) is 0. The van der Waals surface area contributed by atoms with Crippen molar-refractivity contribution in [1.82, 2.24) is 0 Å². The molecule has 28 heavy (non-hydrogen) atoms. The van der Waals surface area contributed by atoms with Gasteiger partial charge in [0.25, 0.3) is 0 Å².